The predicted molar refractivity (Wildman–Crippen MR) is 67.5 cm³/mol. The van der Waals surface area contributed by atoms with Gasteiger partial charge in [0.05, 0.1) is 0 Å². The molecular weight excluding hydrogens is 196 g/mol. The second-order valence-corrected chi connectivity index (χ2v) is 5.30. The Labute approximate surface area is 97.4 Å². The summed E-state index contributed by atoms with van der Waals surface area (Å²) in [6.07, 6.45) is 4.25. The van der Waals surface area contributed by atoms with Gasteiger partial charge < -0.3 is 10.6 Å². The van der Waals surface area contributed by atoms with E-state index in [4.69, 9.17) is 5.73 Å². The van der Waals surface area contributed by atoms with Crippen LogP contribution in [0.1, 0.15) is 30.4 Å². The molecule has 0 aromatic heterocycles. The maximum atomic E-state index is 5.70. The third kappa shape index (κ3) is 1.52. The van der Waals surface area contributed by atoms with Crippen LogP contribution in [0.25, 0.3) is 0 Å². The highest BCUT2D eigenvalue weighted by atomic mass is 15.2. The van der Waals surface area contributed by atoms with Gasteiger partial charge in [-0.05, 0) is 55.4 Å². The molecule has 0 radical (unpaired) electrons. The first-order valence-corrected chi connectivity index (χ1v) is 6.34. The standard InChI is InChI=1S/C14H20N2/c1-10-6-13(5-3-12(10)8-15)16-9-11-2-4-14(16)7-11/h3,5-6,11,14H,2,4,7-9,15H2,1H3. The fraction of sp³-hybridized carbons (Fsp3) is 0.571. The van der Waals surface area contributed by atoms with Gasteiger partial charge in [-0.3, -0.25) is 0 Å². The van der Waals surface area contributed by atoms with Crippen molar-refractivity contribution in [2.45, 2.75) is 38.8 Å². The van der Waals surface area contributed by atoms with Crippen LogP contribution in [0.2, 0.25) is 0 Å². The molecule has 2 fully saturated rings. The van der Waals surface area contributed by atoms with E-state index in [2.05, 4.69) is 30.0 Å². The topological polar surface area (TPSA) is 29.3 Å². The first-order chi connectivity index (χ1) is 7.78. The summed E-state index contributed by atoms with van der Waals surface area (Å²) in [5, 5.41) is 0. The number of hydrogen-bond donors (Lipinski definition) is 1. The molecule has 2 bridgehead atoms. The molecular formula is C14H20N2. The number of aryl methyl sites for hydroxylation is 1. The fourth-order valence-corrected chi connectivity index (χ4v) is 3.33. The van der Waals surface area contributed by atoms with Crippen molar-refractivity contribution < 1.29 is 0 Å². The first kappa shape index (κ1) is 10.2. The fourth-order valence-electron chi connectivity index (χ4n) is 3.33. The zero-order chi connectivity index (χ0) is 11.1. The third-order valence-corrected chi connectivity index (χ3v) is 4.29. The maximum absolute atomic E-state index is 5.70. The molecule has 1 heterocycles. The Bertz CT molecular complexity index is 400. The molecule has 2 aliphatic rings. The summed E-state index contributed by atoms with van der Waals surface area (Å²) < 4.78 is 0. The van der Waals surface area contributed by atoms with E-state index >= 15 is 0 Å². The smallest absolute Gasteiger partial charge is 0.0371 e. The van der Waals surface area contributed by atoms with Crippen LogP contribution in [-0.2, 0) is 6.54 Å². The van der Waals surface area contributed by atoms with Crippen LogP contribution >= 0.6 is 0 Å². The summed E-state index contributed by atoms with van der Waals surface area (Å²) in [5.74, 6) is 0.958. The van der Waals surface area contributed by atoms with Crippen LogP contribution in [0.3, 0.4) is 0 Å². The zero-order valence-corrected chi connectivity index (χ0v) is 9.95. The number of hydrogen-bond acceptors (Lipinski definition) is 2. The van der Waals surface area contributed by atoms with Gasteiger partial charge in [0.1, 0.15) is 0 Å². The minimum absolute atomic E-state index is 0.651. The first-order valence-electron chi connectivity index (χ1n) is 6.34. The molecule has 3 rings (SSSR count). The molecule has 86 valence electrons. The van der Waals surface area contributed by atoms with Gasteiger partial charge in [0.15, 0.2) is 0 Å². The molecule has 1 aromatic rings. The van der Waals surface area contributed by atoms with Gasteiger partial charge >= 0.3 is 0 Å². The number of fused-ring (bicyclic) bond motifs is 2. The van der Waals surface area contributed by atoms with Crippen molar-refractivity contribution in [3.05, 3.63) is 29.3 Å². The summed E-state index contributed by atoms with van der Waals surface area (Å²) in [5.41, 5.74) is 9.71. The molecule has 1 aliphatic carbocycles. The Morgan fingerprint density at radius 3 is 2.81 bits per heavy atom. The van der Waals surface area contributed by atoms with Crippen molar-refractivity contribution in [3.8, 4) is 0 Å². The van der Waals surface area contributed by atoms with Crippen molar-refractivity contribution >= 4 is 5.69 Å². The summed E-state index contributed by atoms with van der Waals surface area (Å²) in [6, 6.07) is 7.56. The van der Waals surface area contributed by atoms with E-state index in [0.29, 0.717) is 6.54 Å². The van der Waals surface area contributed by atoms with Gasteiger partial charge in [-0.2, -0.15) is 0 Å². The highest BCUT2D eigenvalue weighted by Crippen LogP contribution is 2.40. The van der Waals surface area contributed by atoms with Crippen molar-refractivity contribution in [1.82, 2.24) is 0 Å². The van der Waals surface area contributed by atoms with Gasteiger partial charge in [-0.15, -0.1) is 0 Å². The van der Waals surface area contributed by atoms with Crippen LogP contribution in [0.15, 0.2) is 18.2 Å². The molecule has 2 N–H and O–H groups in total. The number of nitrogens with zero attached hydrogens (tertiary/aromatic N) is 1. The van der Waals surface area contributed by atoms with E-state index in [0.717, 1.165) is 12.0 Å². The number of piperidine rings is 1. The normalized spacial score (nSPS) is 27.8. The van der Waals surface area contributed by atoms with Crippen LogP contribution in [0.4, 0.5) is 5.69 Å². The van der Waals surface area contributed by atoms with E-state index in [1.807, 2.05) is 0 Å². The molecule has 2 atom stereocenters. The number of anilines is 1. The SMILES string of the molecule is Cc1cc(N2CC3CCC2C3)ccc1CN. The van der Waals surface area contributed by atoms with Gasteiger partial charge in [0.2, 0.25) is 0 Å². The maximum Gasteiger partial charge on any atom is 0.0371 e. The average molecular weight is 216 g/mol. The van der Waals surface area contributed by atoms with Gasteiger partial charge in [0, 0.05) is 24.8 Å². The lowest BCUT2D eigenvalue weighted by Crippen LogP contribution is -2.31. The third-order valence-electron chi connectivity index (χ3n) is 4.29. The van der Waals surface area contributed by atoms with Crippen LogP contribution in [-0.4, -0.2) is 12.6 Å². The summed E-state index contributed by atoms with van der Waals surface area (Å²) in [4.78, 5) is 2.60. The molecule has 0 amide bonds. The Hall–Kier alpha value is -1.02. The number of nitrogens with two attached hydrogens (primary N) is 1. The minimum atomic E-state index is 0.651. The molecule has 1 saturated heterocycles. The summed E-state index contributed by atoms with van der Waals surface area (Å²) >= 11 is 0. The molecule has 2 unspecified atom stereocenters. The summed E-state index contributed by atoms with van der Waals surface area (Å²) in [6.45, 7) is 4.09. The van der Waals surface area contributed by atoms with Gasteiger partial charge in [-0.25, -0.2) is 0 Å². The number of rotatable bonds is 2. The predicted octanol–water partition coefficient (Wildman–Crippen LogP) is 2.44. The lowest BCUT2D eigenvalue weighted by molar-refractivity contribution is 0.553. The van der Waals surface area contributed by atoms with Gasteiger partial charge in [-0.1, -0.05) is 6.07 Å². The Morgan fingerprint density at radius 2 is 2.25 bits per heavy atom. The average Bonchev–Trinajstić information content (AvgIpc) is 2.90. The second-order valence-electron chi connectivity index (χ2n) is 5.30. The minimum Gasteiger partial charge on any atom is -0.368 e. The van der Waals surface area contributed by atoms with E-state index in [1.165, 1.54) is 42.6 Å². The van der Waals surface area contributed by atoms with Crippen LogP contribution in [0.5, 0.6) is 0 Å². The summed E-state index contributed by atoms with van der Waals surface area (Å²) in [7, 11) is 0. The molecule has 16 heavy (non-hydrogen) atoms. The highest BCUT2D eigenvalue weighted by molar-refractivity contribution is 5.53. The monoisotopic (exact) mass is 216 g/mol. The molecule has 2 heteroatoms. The van der Waals surface area contributed by atoms with Crippen molar-refractivity contribution in [3.63, 3.8) is 0 Å². The Balaban J connectivity index is 1.87. The Morgan fingerprint density at radius 1 is 1.38 bits per heavy atom. The second kappa shape index (κ2) is 3.77. The van der Waals surface area contributed by atoms with Crippen LogP contribution < -0.4 is 10.6 Å². The molecule has 0 spiro atoms. The van der Waals surface area contributed by atoms with Crippen LogP contribution in [0, 0.1) is 12.8 Å². The quantitative estimate of drug-likeness (QED) is 0.822. The van der Waals surface area contributed by atoms with Crippen molar-refractivity contribution in [1.29, 1.82) is 0 Å². The lowest BCUT2D eigenvalue weighted by Gasteiger charge is -2.29. The Kier molecular flexibility index (Phi) is 2.40. The highest BCUT2D eigenvalue weighted by Gasteiger charge is 2.37. The van der Waals surface area contributed by atoms with E-state index in [1.54, 1.807) is 0 Å². The molecule has 1 saturated carbocycles. The molecule has 1 aliphatic heterocycles. The van der Waals surface area contributed by atoms with Gasteiger partial charge in [0.25, 0.3) is 0 Å². The van der Waals surface area contributed by atoms with E-state index < -0.39 is 0 Å². The lowest BCUT2D eigenvalue weighted by atomic mass is 10.1. The molecule has 2 nitrogen and oxygen atoms in total. The van der Waals surface area contributed by atoms with Crippen molar-refractivity contribution in [2.75, 3.05) is 11.4 Å². The van der Waals surface area contributed by atoms with Crippen molar-refractivity contribution in [2.24, 2.45) is 11.7 Å². The van der Waals surface area contributed by atoms with E-state index in [9.17, 15) is 0 Å². The van der Waals surface area contributed by atoms with E-state index in [-0.39, 0.29) is 0 Å². The number of benzene rings is 1. The zero-order valence-electron chi connectivity index (χ0n) is 9.95. The molecule has 1 aromatic carbocycles. The largest absolute Gasteiger partial charge is 0.368 e.